The Morgan fingerprint density at radius 3 is 1.73 bits per heavy atom. The molecule has 0 aliphatic carbocycles. The van der Waals surface area contributed by atoms with E-state index in [9.17, 15) is 0 Å². The molecule has 0 atom stereocenters. The number of hydrogen-bond donors (Lipinski definition) is 0. The molecule has 2 aliphatic heterocycles. The summed E-state index contributed by atoms with van der Waals surface area (Å²) in [5.74, 6) is -0.939. The molecule has 0 bridgehead atoms. The van der Waals surface area contributed by atoms with Crippen molar-refractivity contribution in [1.29, 1.82) is 0 Å². The van der Waals surface area contributed by atoms with Gasteiger partial charge >= 0.3 is 0 Å². The van der Waals surface area contributed by atoms with Crippen LogP contribution in [0.2, 0.25) is 0 Å². The van der Waals surface area contributed by atoms with Crippen LogP contribution in [0.25, 0.3) is 33.4 Å². The molecular formula is C40H32F2OS6. The van der Waals surface area contributed by atoms with E-state index in [1.165, 1.54) is 24.5 Å². The van der Waals surface area contributed by atoms with Gasteiger partial charge in [0.25, 0.3) is 0 Å². The van der Waals surface area contributed by atoms with Crippen LogP contribution in [0.15, 0.2) is 121 Å². The standard InChI is InChI=1S/C40H32F2OS6/c1-4-5-21-43-25-16-14-24(15-17-25)26-18-19-27(36(42)35(26)41)29-23-45-38(40(3)48-32-12-8-9-13-33(32)49-40)34(29)28-20-22-44-37(28)39(2)46-30-10-6-7-11-31(30)47-39/h6-20,22-23H,4-5,21H2,1-3H3. The first-order chi connectivity index (χ1) is 23.8. The van der Waals surface area contributed by atoms with Crippen molar-refractivity contribution < 1.29 is 13.5 Å². The second-order valence-corrected chi connectivity index (χ2v) is 20.4. The van der Waals surface area contributed by atoms with E-state index in [0.29, 0.717) is 12.2 Å². The summed E-state index contributed by atoms with van der Waals surface area (Å²) >= 11 is 10.8. The van der Waals surface area contributed by atoms with Crippen molar-refractivity contribution in [3.05, 3.63) is 123 Å². The van der Waals surface area contributed by atoms with Crippen LogP contribution in [0.1, 0.15) is 43.4 Å². The zero-order valence-corrected chi connectivity index (χ0v) is 31.9. The molecule has 0 amide bonds. The third-order valence-corrected chi connectivity index (χ3v) is 17.6. The minimum atomic E-state index is -0.839. The predicted molar refractivity (Wildman–Crippen MR) is 210 cm³/mol. The van der Waals surface area contributed by atoms with E-state index < -0.39 is 11.6 Å². The van der Waals surface area contributed by atoms with Crippen molar-refractivity contribution in [2.24, 2.45) is 0 Å². The molecule has 9 heteroatoms. The molecule has 248 valence electrons. The first-order valence-electron chi connectivity index (χ1n) is 16.1. The quantitative estimate of drug-likeness (QED) is 0.135. The van der Waals surface area contributed by atoms with E-state index in [-0.39, 0.29) is 19.3 Å². The van der Waals surface area contributed by atoms with E-state index in [4.69, 9.17) is 4.74 Å². The van der Waals surface area contributed by atoms with Gasteiger partial charge in [-0.2, -0.15) is 0 Å². The molecule has 0 saturated carbocycles. The van der Waals surface area contributed by atoms with E-state index in [2.05, 4.69) is 80.7 Å². The second-order valence-electron chi connectivity index (χ2n) is 12.2. The summed E-state index contributed by atoms with van der Waals surface area (Å²) < 4.78 is 37.8. The molecule has 6 aromatic rings. The van der Waals surface area contributed by atoms with Crippen LogP contribution in [0, 0.1) is 11.6 Å². The van der Waals surface area contributed by atoms with Gasteiger partial charge in [-0.3, -0.25) is 0 Å². The number of thioether (sulfide) groups is 4. The highest BCUT2D eigenvalue weighted by molar-refractivity contribution is 8.20. The van der Waals surface area contributed by atoms with Crippen molar-refractivity contribution >= 4 is 69.7 Å². The molecular weight excluding hydrogens is 727 g/mol. The van der Waals surface area contributed by atoms with Crippen LogP contribution < -0.4 is 4.74 Å². The number of halogens is 2. The van der Waals surface area contributed by atoms with Gasteiger partial charge in [0, 0.05) is 51.6 Å². The first-order valence-corrected chi connectivity index (χ1v) is 21.2. The molecule has 0 radical (unpaired) electrons. The summed E-state index contributed by atoms with van der Waals surface area (Å²) in [6, 6.07) is 29.9. The van der Waals surface area contributed by atoms with E-state index >= 15 is 8.78 Å². The van der Waals surface area contributed by atoms with Gasteiger partial charge in [-0.05, 0) is 84.6 Å². The van der Waals surface area contributed by atoms with Gasteiger partial charge in [-0.15, -0.1) is 69.7 Å². The Hall–Kier alpha value is -2.66. The summed E-state index contributed by atoms with van der Waals surface area (Å²) in [4.78, 5) is 7.42. The van der Waals surface area contributed by atoms with Crippen LogP contribution in [0.5, 0.6) is 5.75 Å². The van der Waals surface area contributed by atoms with Gasteiger partial charge in [0.1, 0.15) is 13.9 Å². The molecule has 1 nitrogen and oxygen atoms in total. The predicted octanol–water partition coefficient (Wildman–Crippen LogP) is 14.4. The van der Waals surface area contributed by atoms with Gasteiger partial charge in [0.2, 0.25) is 0 Å². The Bertz CT molecular complexity index is 2120. The van der Waals surface area contributed by atoms with Crippen molar-refractivity contribution in [3.63, 3.8) is 0 Å². The number of unbranched alkanes of at least 4 members (excludes halogenated alkanes) is 1. The maximum atomic E-state index is 16.5. The molecule has 0 spiro atoms. The van der Waals surface area contributed by atoms with Crippen LogP contribution >= 0.6 is 69.7 Å². The number of rotatable bonds is 9. The Labute approximate surface area is 311 Å². The Morgan fingerprint density at radius 1 is 0.592 bits per heavy atom. The van der Waals surface area contributed by atoms with Gasteiger partial charge in [0.05, 0.1) is 6.61 Å². The Balaban J connectivity index is 1.23. The van der Waals surface area contributed by atoms with Crippen LogP contribution in [0.4, 0.5) is 8.78 Å². The van der Waals surface area contributed by atoms with Crippen molar-refractivity contribution in [1.82, 2.24) is 0 Å². The van der Waals surface area contributed by atoms with Crippen LogP contribution in [0.3, 0.4) is 0 Å². The second kappa shape index (κ2) is 13.5. The molecule has 2 aromatic heterocycles. The highest BCUT2D eigenvalue weighted by atomic mass is 32.2. The van der Waals surface area contributed by atoms with E-state index in [0.717, 1.165) is 40.2 Å². The minimum Gasteiger partial charge on any atom is -0.494 e. The summed E-state index contributed by atoms with van der Waals surface area (Å²) in [6.45, 7) is 7.30. The summed E-state index contributed by atoms with van der Waals surface area (Å²) in [5, 5.41) is 4.18. The molecule has 0 saturated heterocycles. The van der Waals surface area contributed by atoms with Gasteiger partial charge in [0.15, 0.2) is 11.6 Å². The summed E-state index contributed by atoms with van der Waals surface area (Å²) in [5.41, 5.74) is 3.95. The molecule has 0 unspecified atom stereocenters. The molecule has 49 heavy (non-hydrogen) atoms. The Morgan fingerprint density at radius 2 is 1.14 bits per heavy atom. The molecule has 8 rings (SSSR count). The monoisotopic (exact) mass is 758 g/mol. The van der Waals surface area contributed by atoms with E-state index in [1.807, 2.05) is 64.6 Å². The lowest BCUT2D eigenvalue weighted by Crippen LogP contribution is -2.11. The largest absolute Gasteiger partial charge is 0.494 e. The number of benzene rings is 4. The lowest BCUT2D eigenvalue weighted by atomic mass is 9.93. The molecule has 0 fully saturated rings. The number of thiophene rings is 2. The zero-order valence-electron chi connectivity index (χ0n) is 27.0. The fourth-order valence-corrected chi connectivity index (χ4v) is 15.0. The van der Waals surface area contributed by atoms with Crippen molar-refractivity contribution in [2.45, 2.75) is 61.4 Å². The lowest BCUT2D eigenvalue weighted by molar-refractivity contribution is 0.309. The maximum Gasteiger partial charge on any atom is 0.167 e. The van der Waals surface area contributed by atoms with E-state index in [1.54, 1.807) is 46.9 Å². The number of ether oxygens (including phenoxy) is 1. The van der Waals surface area contributed by atoms with Crippen molar-refractivity contribution in [3.8, 4) is 39.1 Å². The maximum absolute atomic E-state index is 16.5. The van der Waals surface area contributed by atoms with Gasteiger partial charge in [-0.25, -0.2) is 8.78 Å². The third-order valence-electron chi connectivity index (χ3n) is 8.77. The highest BCUT2D eigenvalue weighted by Crippen LogP contribution is 2.67. The lowest BCUT2D eigenvalue weighted by Gasteiger charge is -2.26. The molecule has 0 N–H and O–H groups in total. The molecule has 4 heterocycles. The fraction of sp³-hybridized carbons (Fsp3) is 0.200. The average molecular weight is 759 g/mol. The third kappa shape index (κ3) is 6.08. The first kappa shape index (κ1) is 33.5. The summed E-state index contributed by atoms with van der Waals surface area (Å²) in [7, 11) is 0. The number of fused-ring (bicyclic) bond motifs is 2. The number of hydrogen-bond acceptors (Lipinski definition) is 7. The normalized spacial score (nSPS) is 15.7. The van der Waals surface area contributed by atoms with Gasteiger partial charge in [-0.1, -0.05) is 61.9 Å². The fourth-order valence-electron chi connectivity index (χ4n) is 6.36. The van der Waals surface area contributed by atoms with Gasteiger partial charge < -0.3 is 4.74 Å². The minimum absolute atomic E-state index is 0.239. The Kier molecular flexibility index (Phi) is 9.21. The molecule has 4 aromatic carbocycles. The topological polar surface area (TPSA) is 9.23 Å². The van der Waals surface area contributed by atoms with Crippen LogP contribution in [-0.4, -0.2) is 6.61 Å². The molecule has 2 aliphatic rings. The van der Waals surface area contributed by atoms with Crippen molar-refractivity contribution in [2.75, 3.05) is 6.61 Å². The SMILES string of the molecule is CCCCOc1ccc(-c2ccc(-c3csc(C4(C)Sc5ccccc5S4)c3-c3ccsc3C3(C)Sc4ccccc4S3)c(F)c2F)cc1. The van der Waals surface area contributed by atoms with Crippen LogP contribution in [-0.2, 0) is 8.16 Å². The smallest absolute Gasteiger partial charge is 0.167 e. The zero-order chi connectivity index (χ0) is 33.8. The summed E-state index contributed by atoms with van der Waals surface area (Å²) in [6.07, 6.45) is 2.02. The average Bonchev–Trinajstić information content (AvgIpc) is 3.89. The highest BCUT2D eigenvalue weighted by Gasteiger charge is 2.44.